The third-order valence-electron chi connectivity index (χ3n) is 3.84. The Morgan fingerprint density at radius 1 is 1.22 bits per heavy atom. The first-order valence-corrected chi connectivity index (χ1v) is 7.87. The van der Waals surface area contributed by atoms with Crippen molar-refractivity contribution in [3.05, 3.63) is 69.2 Å². The van der Waals surface area contributed by atoms with Crippen LogP contribution in [0.3, 0.4) is 0 Å². The molecular formula is C18H17ClN2O2. The van der Waals surface area contributed by atoms with E-state index in [1.165, 1.54) is 0 Å². The monoisotopic (exact) mass is 328 g/mol. The molecule has 118 valence electrons. The Labute approximate surface area is 139 Å². The topological polar surface area (TPSA) is 55.1 Å². The van der Waals surface area contributed by atoms with E-state index in [4.69, 9.17) is 16.7 Å². The van der Waals surface area contributed by atoms with E-state index in [2.05, 4.69) is 4.98 Å². The number of nitrogens with zero attached hydrogens (tertiary/aromatic N) is 2. The van der Waals surface area contributed by atoms with Gasteiger partial charge in [0.15, 0.2) is 0 Å². The summed E-state index contributed by atoms with van der Waals surface area (Å²) in [6.07, 6.45) is 1.45. The van der Waals surface area contributed by atoms with Crippen LogP contribution in [0.15, 0.2) is 47.3 Å². The molecule has 0 saturated heterocycles. The summed E-state index contributed by atoms with van der Waals surface area (Å²) in [5.41, 5.74) is 2.93. The van der Waals surface area contributed by atoms with E-state index in [-0.39, 0.29) is 12.3 Å². The Hall–Kier alpha value is -2.17. The van der Waals surface area contributed by atoms with E-state index in [9.17, 15) is 4.79 Å². The van der Waals surface area contributed by atoms with Crippen LogP contribution in [0.4, 0.5) is 0 Å². The van der Waals surface area contributed by atoms with Crippen molar-refractivity contribution in [2.24, 2.45) is 0 Å². The minimum absolute atomic E-state index is 0.148. The summed E-state index contributed by atoms with van der Waals surface area (Å²) >= 11 is 6.12. The molecule has 0 saturated carbocycles. The third-order valence-corrected chi connectivity index (χ3v) is 4.07. The van der Waals surface area contributed by atoms with Gasteiger partial charge in [-0.05, 0) is 55.7 Å². The van der Waals surface area contributed by atoms with Crippen LogP contribution >= 0.6 is 11.6 Å². The molecule has 0 bridgehead atoms. The second-order valence-corrected chi connectivity index (χ2v) is 5.91. The molecule has 0 unspecified atom stereocenters. The SMILES string of the molecule is Cc1nc(=O)n(-c2cccc(CCCO)c2)c2cc(Cl)ccc12. The highest BCUT2D eigenvalue weighted by molar-refractivity contribution is 6.31. The zero-order valence-electron chi connectivity index (χ0n) is 12.8. The van der Waals surface area contributed by atoms with Crippen LogP contribution < -0.4 is 5.69 Å². The highest BCUT2D eigenvalue weighted by atomic mass is 35.5. The van der Waals surface area contributed by atoms with Gasteiger partial charge in [0.25, 0.3) is 0 Å². The molecule has 0 atom stereocenters. The van der Waals surface area contributed by atoms with Gasteiger partial charge in [-0.2, -0.15) is 4.98 Å². The first kappa shape index (κ1) is 15.7. The molecule has 1 heterocycles. The molecule has 2 aromatic carbocycles. The highest BCUT2D eigenvalue weighted by Crippen LogP contribution is 2.23. The molecule has 1 N–H and O–H groups in total. The first-order chi connectivity index (χ1) is 11.1. The fourth-order valence-corrected chi connectivity index (χ4v) is 2.90. The first-order valence-electron chi connectivity index (χ1n) is 7.49. The van der Waals surface area contributed by atoms with Gasteiger partial charge in [-0.3, -0.25) is 4.57 Å². The summed E-state index contributed by atoms with van der Waals surface area (Å²) in [6, 6.07) is 13.2. The van der Waals surface area contributed by atoms with E-state index < -0.39 is 0 Å². The molecule has 23 heavy (non-hydrogen) atoms. The molecule has 4 nitrogen and oxygen atoms in total. The number of hydrogen-bond acceptors (Lipinski definition) is 3. The fraction of sp³-hybridized carbons (Fsp3) is 0.222. The molecule has 0 aliphatic heterocycles. The third kappa shape index (κ3) is 3.14. The Morgan fingerprint density at radius 3 is 2.83 bits per heavy atom. The lowest BCUT2D eigenvalue weighted by molar-refractivity contribution is 0.288. The van der Waals surface area contributed by atoms with E-state index in [0.29, 0.717) is 17.1 Å². The number of rotatable bonds is 4. The molecule has 0 radical (unpaired) electrons. The lowest BCUT2D eigenvalue weighted by Crippen LogP contribution is -2.22. The van der Waals surface area contributed by atoms with Crippen LogP contribution in [-0.2, 0) is 6.42 Å². The number of hydrogen-bond donors (Lipinski definition) is 1. The summed E-state index contributed by atoms with van der Waals surface area (Å²) < 4.78 is 1.58. The predicted molar refractivity (Wildman–Crippen MR) is 92.5 cm³/mol. The molecular weight excluding hydrogens is 312 g/mol. The Bertz CT molecular complexity index is 919. The number of aliphatic hydroxyl groups excluding tert-OH is 1. The van der Waals surface area contributed by atoms with Crippen molar-refractivity contribution in [1.82, 2.24) is 9.55 Å². The molecule has 0 spiro atoms. The minimum Gasteiger partial charge on any atom is -0.396 e. The molecule has 0 amide bonds. The van der Waals surface area contributed by atoms with E-state index in [0.717, 1.165) is 28.6 Å². The van der Waals surface area contributed by atoms with Crippen LogP contribution in [0, 0.1) is 6.92 Å². The highest BCUT2D eigenvalue weighted by Gasteiger charge is 2.10. The van der Waals surface area contributed by atoms with Gasteiger partial charge in [-0.25, -0.2) is 4.79 Å². The van der Waals surface area contributed by atoms with Crippen LogP contribution in [-0.4, -0.2) is 21.3 Å². The second-order valence-electron chi connectivity index (χ2n) is 5.47. The van der Waals surface area contributed by atoms with Gasteiger partial charge in [0, 0.05) is 17.0 Å². The number of aromatic nitrogens is 2. The zero-order valence-corrected chi connectivity index (χ0v) is 13.5. The Morgan fingerprint density at radius 2 is 2.04 bits per heavy atom. The van der Waals surface area contributed by atoms with Gasteiger partial charge in [0.1, 0.15) is 0 Å². The number of halogens is 1. The van der Waals surface area contributed by atoms with Crippen molar-refractivity contribution in [3.63, 3.8) is 0 Å². The maximum atomic E-state index is 12.5. The van der Waals surface area contributed by atoms with E-state index in [1.807, 2.05) is 37.3 Å². The summed E-state index contributed by atoms with van der Waals surface area (Å²) in [6.45, 7) is 1.97. The second kappa shape index (κ2) is 6.52. The average Bonchev–Trinajstić information content (AvgIpc) is 2.53. The molecule has 0 aliphatic rings. The van der Waals surface area contributed by atoms with Crippen molar-refractivity contribution in [2.75, 3.05) is 6.61 Å². The quantitative estimate of drug-likeness (QED) is 0.799. The summed E-state index contributed by atoms with van der Waals surface area (Å²) in [5.74, 6) is 0. The Balaban J connectivity index is 2.23. The van der Waals surface area contributed by atoms with Crippen molar-refractivity contribution >= 4 is 22.5 Å². The van der Waals surface area contributed by atoms with Gasteiger partial charge in [-0.1, -0.05) is 23.7 Å². The van der Waals surface area contributed by atoms with Gasteiger partial charge in [0.05, 0.1) is 16.9 Å². The van der Waals surface area contributed by atoms with Crippen LogP contribution in [0.5, 0.6) is 0 Å². The maximum absolute atomic E-state index is 12.5. The van der Waals surface area contributed by atoms with Gasteiger partial charge in [-0.15, -0.1) is 0 Å². The number of benzene rings is 2. The zero-order chi connectivity index (χ0) is 16.4. The molecule has 3 aromatic rings. The van der Waals surface area contributed by atoms with Gasteiger partial charge < -0.3 is 5.11 Å². The smallest absolute Gasteiger partial charge is 0.352 e. The number of aryl methyl sites for hydroxylation is 2. The summed E-state index contributed by atoms with van der Waals surface area (Å²) in [4.78, 5) is 16.6. The molecule has 1 aromatic heterocycles. The molecule has 0 aliphatic carbocycles. The molecule has 3 rings (SSSR count). The minimum atomic E-state index is -0.323. The standard InChI is InChI=1S/C18H17ClN2O2/c1-12-16-8-7-14(19)11-17(16)21(18(23)20-12)15-6-2-4-13(10-15)5-3-9-22/h2,4,6-8,10-11,22H,3,5,9H2,1H3. The van der Waals surface area contributed by atoms with E-state index in [1.54, 1.807) is 16.7 Å². The molecule has 0 fully saturated rings. The Kier molecular flexibility index (Phi) is 4.46. The van der Waals surface area contributed by atoms with Crippen molar-refractivity contribution in [3.8, 4) is 5.69 Å². The largest absolute Gasteiger partial charge is 0.396 e. The van der Waals surface area contributed by atoms with Crippen LogP contribution in [0.25, 0.3) is 16.6 Å². The maximum Gasteiger partial charge on any atom is 0.352 e. The van der Waals surface area contributed by atoms with Crippen molar-refractivity contribution < 1.29 is 5.11 Å². The number of aliphatic hydroxyl groups is 1. The molecule has 5 heteroatoms. The van der Waals surface area contributed by atoms with Crippen molar-refractivity contribution in [2.45, 2.75) is 19.8 Å². The lowest BCUT2D eigenvalue weighted by atomic mass is 10.1. The van der Waals surface area contributed by atoms with Crippen molar-refractivity contribution in [1.29, 1.82) is 0 Å². The van der Waals surface area contributed by atoms with Gasteiger partial charge in [0.2, 0.25) is 0 Å². The van der Waals surface area contributed by atoms with Crippen LogP contribution in [0.2, 0.25) is 5.02 Å². The lowest BCUT2D eigenvalue weighted by Gasteiger charge is -2.12. The number of fused-ring (bicyclic) bond motifs is 1. The fourth-order valence-electron chi connectivity index (χ4n) is 2.74. The van der Waals surface area contributed by atoms with Crippen LogP contribution in [0.1, 0.15) is 17.7 Å². The van der Waals surface area contributed by atoms with E-state index >= 15 is 0 Å². The average molecular weight is 329 g/mol. The predicted octanol–water partition coefficient (Wildman–Crippen LogP) is 3.27. The van der Waals surface area contributed by atoms with Gasteiger partial charge >= 0.3 is 5.69 Å². The summed E-state index contributed by atoms with van der Waals surface area (Å²) in [7, 11) is 0. The summed E-state index contributed by atoms with van der Waals surface area (Å²) in [5, 5.41) is 10.5. The normalized spacial score (nSPS) is 11.1.